The molecule has 1 aliphatic heterocycles. The van der Waals surface area contributed by atoms with Crippen LogP contribution in [-0.2, 0) is 9.84 Å². The fraction of sp³-hybridized carbons (Fsp3) is 0.556. The van der Waals surface area contributed by atoms with Crippen LogP contribution in [0.15, 0.2) is 11.4 Å². The van der Waals surface area contributed by atoms with Gasteiger partial charge in [0.25, 0.3) is 0 Å². The second kappa shape index (κ2) is 4.02. The topological polar surface area (TPSA) is 64.1 Å². The van der Waals surface area contributed by atoms with E-state index in [2.05, 4.69) is 4.37 Å². The predicted molar refractivity (Wildman–Crippen MR) is 57.9 cm³/mol. The number of aromatic nitrogens is 1. The van der Waals surface area contributed by atoms with Crippen LogP contribution in [0.1, 0.15) is 29.8 Å². The zero-order chi connectivity index (χ0) is 10.9. The second-order valence-corrected chi connectivity index (χ2v) is 6.57. The lowest BCUT2D eigenvalue weighted by Crippen LogP contribution is -2.35. The van der Waals surface area contributed by atoms with Crippen LogP contribution in [0, 0.1) is 0 Å². The molecular weight excluding hydrogens is 234 g/mol. The molecule has 0 amide bonds. The molecule has 82 valence electrons. The quantitative estimate of drug-likeness (QED) is 0.737. The van der Waals surface area contributed by atoms with Crippen molar-refractivity contribution >= 4 is 27.2 Å². The Morgan fingerprint density at radius 2 is 2.27 bits per heavy atom. The molecule has 15 heavy (non-hydrogen) atoms. The van der Waals surface area contributed by atoms with E-state index in [9.17, 15) is 13.2 Å². The van der Waals surface area contributed by atoms with Crippen molar-refractivity contribution in [1.29, 1.82) is 0 Å². The average molecular weight is 245 g/mol. The van der Waals surface area contributed by atoms with E-state index in [1.165, 1.54) is 11.5 Å². The lowest BCUT2D eigenvalue weighted by atomic mass is 10.1. The summed E-state index contributed by atoms with van der Waals surface area (Å²) in [5, 5.41) is 0.830. The molecule has 1 aromatic rings. The van der Waals surface area contributed by atoms with Gasteiger partial charge in [0.05, 0.1) is 5.75 Å². The van der Waals surface area contributed by atoms with Crippen LogP contribution in [0.4, 0.5) is 0 Å². The second-order valence-electron chi connectivity index (χ2n) is 3.60. The third-order valence-corrected chi connectivity index (χ3v) is 5.30. The number of ketones is 1. The molecule has 0 saturated carbocycles. The van der Waals surface area contributed by atoms with Crippen LogP contribution in [-0.4, -0.2) is 29.6 Å². The van der Waals surface area contributed by atoms with Crippen molar-refractivity contribution in [2.75, 3.05) is 5.75 Å². The van der Waals surface area contributed by atoms with Gasteiger partial charge in [-0.2, -0.15) is 4.37 Å². The van der Waals surface area contributed by atoms with Gasteiger partial charge in [0, 0.05) is 5.38 Å². The number of sulfone groups is 1. The lowest BCUT2D eigenvalue weighted by Gasteiger charge is -2.19. The Morgan fingerprint density at radius 3 is 2.87 bits per heavy atom. The van der Waals surface area contributed by atoms with Crippen molar-refractivity contribution in [3.63, 3.8) is 0 Å². The smallest absolute Gasteiger partial charge is 0.200 e. The summed E-state index contributed by atoms with van der Waals surface area (Å²) < 4.78 is 27.2. The molecule has 0 bridgehead atoms. The largest absolute Gasteiger partial charge is 0.291 e. The van der Waals surface area contributed by atoms with E-state index in [-0.39, 0.29) is 17.2 Å². The van der Waals surface area contributed by atoms with Gasteiger partial charge in [0.1, 0.15) is 10.9 Å². The summed E-state index contributed by atoms with van der Waals surface area (Å²) in [4.78, 5) is 11.8. The number of carbonyl (C=O) groups excluding carboxylic acids is 1. The van der Waals surface area contributed by atoms with E-state index >= 15 is 0 Å². The van der Waals surface area contributed by atoms with Crippen molar-refractivity contribution < 1.29 is 13.2 Å². The zero-order valence-corrected chi connectivity index (χ0v) is 9.68. The third-order valence-electron chi connectivity index (χ3n) is 2.56. The van der Waals surface area contributed by atoms with Gasteiger partial charge in [0.2, 0.25) is 0 Å². The van der Waals surface area contributed by atoms with Gasteiger partial charge in [-0.05, 0) is 30.4 Å². The van der Waals surface area contributed by atoms with Crippen LogP contribution < -0.4 is 0 Å². The summed E-state index contributed by atoms with van der Waals surface area (Å²) >= 11 is 1.17. The maximum absolute atomic E-state index is 11.8. The monoisotopic (exact) mass is 245 g/mol. The molecule has 1 aromatic heterocycles. The minimum atomic E-state index is -3.23. The first-order chi connectivity index (χ1) is 7.11. The van der Waals surface area contributed by atoms with Crippen LogP contribution in [0.5, 0.6) is 0 Å². The van der Waals surface area contributed by atoms with E-state index in [0.717, 1.165) is 6.42 Å². The number of nitrogens with zero attached hydrogens (tertiary/aromatic N) is 1. The molecule has 2 heterocycles. The summed E-state index contributed by atoms with van der Waals surface area (Å²) in [6, 6.07) is 1.58. The van der Waals surface area contributed by atoms with Crippen molar-refractivity contribution in [2.45, 2.75) is 24.5 Å². The van der Waals surface area contributed by atoms with E-state index in [4.69, 9.17) is 0 Å². The maximum Gasteiger partial charge on any atom is 0.200 e. The van der Waals surface area contributed by atoms with Crippen LogP contribution in [0.2, 0.25) is 0 Å². The highest BCUT2D eigenvalue weighted by molar-refractivity contribution is 7.92. The first-order valence-electron chi connectivity index (χ1n) is 4.77. The van der Waals surface area contributed by atoms with Gasteiger partial charge >= 0.3 is 0 Å². The molecular formula is C9H11NO3S2. The molecule has 0 spiro atoms. The SMILES string of the molecule is O=C(c1ccsn1)C1CCCCS1(=O)=O. The van der Waals surface area contributed by atoms with Gasteiger partial charge in [0.15, 0.2) is 15.6 Å². The van der Waals surface area contributed by atoms with Crippen LogP contribution in [0.25, 0.3) is 0 Å². The molecule has 1 aliphatic rings. The normalized spacial score (nSPS) is 24.9. The van der Waals surface area contributed by atoms with E-state index in [1.807, 2.05) is 0 Å². The minimum Gasteiger partial charge on any atom is -0.291 e. The number of Topliss-reactive ketones (excluding diaryl/α,β-unsaturated/α-hetero) is 1. The number of hydrogen-bond acceptors (Lipinski definition) is 5. The zero-order valence-electron chi connectivity index (χ0n) is 8.05. The Hall–Kier alpha value is -0.750. The Morgan fingerprint density at radius 1 is 1.47 bits per heavy atom. The van der Waals surface area contributed by atoms with Gasteiger partial charge in [-0.15, -0.1) is 0 Å². The summed E-state index contributed by atoms with van der Waals surface area (Å²) in [7, 11) is -3.23. The maximum atomic E-state index is 11.8. The number of rotatable bonds is 2. The van der Waals surface area contributed by atoms with Crippen molar-refractivity contribution in [3.8, 4) is 0 Å². The molecule has 1 saturated heterocycles. The summed E-state index contributed by atoms with van der Waals surface area (Å²) in [6.07, 6.45) is 1.92. The fourth-order valence-electron chi connectivity index (χ4n) is 1.75. The molecule has 0 N–H and O–H groups in total. The van der Waals surface area contributed by atoms with Crippen molar-refractivity contribution in [3.05, 3.63) is 17.1 Å². The molecule has 0 radical (unpaired) electrons. The van der Waals surface area contributed by atoms with Crippen LogP contribution in [0.3, 0.4) is 0 Å². The Kier molecular flexibility index (Phi) is 2.88. The molecule has 1 fully saturated rings. The Labute approximate surface area is 92.4 Å². The fourth-order valence-corrected chi connectivity index (χ4v) is 4.13. The van der Waals surface area contributed by atoms with Crippen molar-refractivity contribution in [2.24, 2.45) is 0 Å². The van der Waals surface area contributed by atoms with E-state index in [0.29, 0.717) is 12.8 Å². The van der Waals surface area contributed by atoms with Gasteiger partial charge in [-0.1, -0.05) is 6.42 Å². The standard InChI is InChI=1S/C9H11NO3S2/c11-9(7-4-5-14-10-7)8-3-1-2-6-15(8,12)13/h4-5,8H,1-3,6H2. The van der Waals surface area contributed by atoms with Gasteiger partial charge in [-0.3, -0.25) is 4.79 Å². The molecule has 0 aliphatic carbocycles. The van der Waals surface area contributed by atoms with Crippen LogP contribution >= 0.6 is 11.5 Å². The first kappa shape index (κ1) is 10.8. The average Bonchev–Trinajstić information content (AvgIpc) is 2.69. The highest BCUT2D eigenvalue weighted by Gasteiger charge is 2.35. The lowest BCUT2D eigenvalue weighted by molar-refractivity contribution is 0.0978. The van der Waals surface area contributed by atoms with Gasteiger partial charge < -0.3 is 0 Å². The summed E-state index contributed by atoms with van der Waals surface area (Å²) in [5.41, 5.74) is 0.287. The Balaban J connectivity index is 2.27. The van der Waals surface area contributed by atoms with E-state index in [1.54, 1.807) is 11.4 Å². The highest BCUT2D eigenvalue weighted by atomic mass is 32.2. The van der Waals surface area contributed by atoms with Gasteiger partial charge in [-0.25, -0.2) is 8.42 Å². The summed E-state index contributed by atoms with van der Waals surface area (Å²) in [5.74, 6) is -0.205. The van der Waals surface area contributed by atoms with Crippen molar-refractivity contribution in [1.82, 2.24) is 4.37 Å². The summed E-state index contributed by atoms with van der Waals surface area (Å²) in [6.45, 7) is 0. The molecule has 2 rings (SSSR count). The molecule has 0 aromatic carbocycles. The predicted octanol–water partition coefficient (Wildman–Crippen LogP) is 1.29. The first-order valence-corrected chi connectivity index (χ1v) is 7.32. The van der Waals surface area contributed by atoms with E-state index < -0.39 is 15.1 Å². The number of hydrogen-bond donors (Lipinski definition) is 0. The molecule has 4 nitrogen and oxygen atoms in total. The minimum absolute atomic E-state index is 0.132. The Bertz CT molecular complexity index is 450. The molecule has 1 unspecified atom stereocenters. The highest BCUT2D eigenvalue weighted by Crippen LogP contribution is 2.22. The third kappa shape index (κ3) is 2.10. The number of carbonyl (C=O) groups is 1. The molecule has 1 atom stereocenters. The molecule has 6 heteroatoms.